The number of amides is 2. The van der Waals surface area contributed by atoms with Gasteiger partial charge in [-0.3, -0.25) is 14.5 Å². The molecular formula is C22H24FN5O3. The van der Waals surface area contributed by atoms with E-state index in [0.717, 1.165) is 24.1 Å². The molecule has 2 unspecified atom stereocenters. The minimum atomic E-state index is -0.259. The van der Waals surface area contributed by atoms with Crippen molar-refractivity contribution in [3.05, 3.63) is 47.3 Å². The molecule has 8 nitrogen and oxygen atoms in total. The van der Waals surface area contributed by atoms with Crippen LogP contribution >= 0.6 is 0 Å². The summed E-state index contributed by atoms with van der Waals surface area (Å²) in [4.78, 5) is 30.0. The van der Waals surface area contributed by atoms with Gasteiger partial charge in [-0.2, -0.15) is 0 Å². The molecule has 3 N–H and O–H groups in total. The summed E-state index contributed by atoms with van der Waals surface area (Å²) in [6.07, 6.45) is 1.94. The monoisotopic (exact) mass is 425 g/mol. The number of hydrogen-bond acceptors (Lipinski definition) is 6. The number of pyridine rings is 1. The van der Waals surface area contributed by atoms with Gasteiger partial charge in [0.05, 0.1) is 0 Å². The fraction of sp³-hybridized carbons (Fsp3) is 0.409. The molecule has 2 aromatic rings. The van der Waals surface area contributed by atoms with Crippen LogP contribution in [0.4, 0.5) is 16.0 Å². The van der Waals surface area contributed by atoms with Crippen LogP contribution in [0.3, 0.4) is 0 Å². The number of nitrogens with one attached hydrogen (secondary N) is 3. The van der Waals surface area contributed by atoms with Crippen molar-refractivity contribution >= 4 is 23.5 Å². The number of ether oxygens (including phenoxy) is 1. The third-order valence-corrected chi connectivity index (χ3v) is 5.99. The van der Waals surface area contributed by atoms with Gasteiger partial charge in [-0.25, -0.2) is 9.37 Å². The first-order chi connectivity index (χ1) is 15.1. The molecule has 3 heterocycles. The Kier molecular flexibility index (Phi) is 5.29. The maximum Gasteiger partial charge on any atom is 0.263 e. The predicted octanol–water partition coefficient (Wildman–Crippen LogP) is 1.00. The minimum Gasteiger partial charge on any atom is -0.480 e. The highest BCUT2D eigenvalue weighted by Gasteiger charge is 2.32. The first-order valence-electron chi connectivity index (χ1n) is 10.5. The van der Waals surface area contributed by atoms with Crippen LogP contribution in [0, 0.1) is 5.82 Å². The van der Waals surface area contributed by atoms with Gasteiger partial charge in [0.2, 0.25) is 5.91 Å². The van der Waals surface area contributed by atoms with Gasteiger partial charge in [0.25, 0.3) is 5.91 Å². The van der Waals surface area contributed by atoms with Gasteiger partial charge in [0, 0.05) is 38.1 Å². The summed E-state index contributed by atoms with van der Waals surface area (Å²) in [5, 5.41) is 9.56. The Morgan fingerprint density at radius 3 is 2.77 bits per heavy atom. The van der Waals surface area contributed by atoms with Gasteiger partial charge in [-0.1, -0.05) is 12.1 Å². The normalized spacial score (nSPS) is 22.2. The van der Waals surface area contributed by atoms with E-state index >= 15 is 0 Å². The molecule has 2 aliphatic heterocycles. The zero-order valence-electron chi connectivity index (χ0n) is 17.0. The quantitative estimate of drug-likeness (QED) is 0.598. The Hall–Kier alpha value is -3.04. The second-order valence-electron chi connectivity index (χ2n) is 8.15. The highest BCUT2D eigenvalue weighted by Crippen LogP contribution is 2.30. The van der Waals surface area contributed by atoms with Crippen LogP contribution in [0.1, 0.15) is 17.5 Å². The number of carbonyl (C=O) groups is 2. The first kappa shape index (κ1) is 19.9. The molecule has 1 aromatic carbocycles. The Labute approximate surface area is 179 Å². The Morgan fingerprint density at radius 1 is 1.10 bits per heavy atom. The zero-order valence-corrected chi connectivity index (χ0v) is 17.0. The molecule has 1 saturated heterocycles. The van der Waals surface area contributed by atoms with Crippen LogP contribution in [0.25, 0.3) is 0 Å². The topological polar surface area (TPSA) is 95.6 Å². The van der Waals surface area contributed by atoms with Crippen LogP contribution in [0.15, 0.2) is 30.3 Å². The number of halogens is 1. The Morgan fingerprint density at radius 2 is 1.94 bits per heavy atom. The number of nitrogens with zero attached hydrogens (tertiary/aromatic N) is 2. The lowest BCUT2D eigenvalue weighted by molar-refractivity contribution is -0.118. The van der Waals surface area contributed by atoms with E-state index < -0.39 is 0 Å². The van der Waals surface area contributed by atoms with Gasteiger partial charge in [-0.15, -0.1) is 0 Å². The molecule has 1 aromatic heterocycles. The number of aromatic nitrogens is 1. The van der Waals surface area contributed by atoms with Crippen molar-refractivity contribution in [3.8, 4) is 5.75 Å². The molecule has 0 spiro atoms. The second kappa shape index (κ2) is 8.24. The van der Waals surface area contributed by atoms with E-state index in [1.807, 2.05) is 6.07 Å². The average Bonchev–Trinajstić information content (AvgIpc) is 3.34. The molecule has 1 aliphatic carbocycles. The first-order valence-corrected chi connectivity index (χ1v) is 10.5. The fourth-order valence-electron chi connectivity index (χ4n) is 4.47. The van der Waals surface area contributed by atoms with Crippen molar-refractivity contribution in [1.29, 1.82) is 0 Å². The largest absolute Gasteiger partial charge is 0.480 e. The predicted molar refractivity (Wildman–Crippen MR) is 113 cm³/mol. The summed E-state index contributed by atoms with van der Waals surface area (Å²) in [6, 6.07) is 8.99. The molecule has 0 radical (unpaired) electrons. The molecular weight excluding hydrogens is 401 g/mol. The van der Waals surface area contributed by atoms with Crippen molar-refractivity contribution in [2.45, 2.75) is 31.3 Å². The van der Waals surface area contributed by atoms with Crippen LogP contribution in [-0.2, 0) is 22.4 Å². The number of anilines is 2. The number of rotatable bonds is 6. The van der Waals surface area contributed by atoms with E-state index in [2.05, 4.69) is 20.9 Å². The third-order valence-electron chi connectivity index (χ3n) is 5.99. The van der Waals surface area contributed by atoms with E-state index in [9.17, 15) is 14.0 Å². The maximum atomic E-state index is 13.9. The molecule has 2 atom stereocenters. The molecule has 0 saturated carbocycles. The average molecular weight is 425 g/mol. The summed E-state index contributed by atoms with van der Waals surface area (Å²) in [5.41, 5.74) is 1.91. The van der Waals surface area contributed by atoms with Crippen molar-refractivity contribution in [2.24, 2.45) is 0 Å². The number of fused-ring (bicyclic) bond motifs is 2. The smallest absolute Gasteiger partial charge is 0.263 e. The summed E-state index contributed by atoms with van der Waals surface area (Å²) >= 11 is 0. The standard InChI is InChI=1S/C22H24FN5O3/c23-17-3-1-2-13-8-14(9-16(13)17)24-6-7-25-15-10-21(30)28(11-15)19-5-4-18-22(26-19)27-20(29)12-31-18/h1-5,14-15,24-25H,6-12H2,(H,26,27,29). The maximum absolute atomic E-state index is 13.9. The zero-order chi connectivity index (χ0) is 21.4. The molecule has 1 fully saturated rings. The fourth-order valence-corrected chi connectivity index (χ4v) is 4.47. The highest BCUT2D eigenvalue weighted by molar-refractivity contribution is 5.97. The second-order valence-corrected chi connectivity index (χ2v) is 8.15. The molecule has 162 valence electrons. The molecule has 31 heavy (non-hydrogen) atoms. The third kappa shape index (κ3) is 4.11. The van der Waals surface area contributed by atoms with Crippen molar-refractivity contribution in [1.82, 2.24) is 15.6 Å². The Balaban J connectivity index is 1.10. The molecule has 2 amide bonds. The van der Waals surface area contributed by atoms with E-state index in [-0.39, 0.29) is 36.3 Å². The van der Waals surface area contributed by atoms with Crippen molar-refractivity contribution in [3.63, 3.8) is 0 Å². The van der Waals surface area contributed by atoms with Gasteiger partial charge in [0.1, 0.15) is 11.6 Å². The minimum absolute atomic E-state index is 0.0114. The summed E-state index contributed by atoms with van der Waals surface area (Å²) in [5.74, 6) is 0.961. The van der Waals surface area contributed by atoms with Gasteiger partial charge >= 0.3 is 0 Å². The summed E-state index contributed by atoms with van der Waals surface area (Å²) in [7, 11) is 0. The number of carbonyl (C=O) groups excluding carboxylic acids is 2. The summed E-state index contributed by atoms with van der Waals surface area (Å²) < 4.78 is 19.2. The number of hydrogen-bond donors (Lipinski definition) is 3. The lowest BCUT2D eigenvalue weighted by Gasteiger charge is -2.21. The van der Waals surface area contributed by atoms with E-state index in [1.165, 1.54) is 6.07 Å². The summed E-state index contributed by atoms with van der Waals surface area (Å²) in [6.45, 7) is 1.94. The van der Waals surface area contributed by atoms with E-state index in [4.69, 9.17) is 4.74 Å². The lowest BCUT2D eigenvalue weighted by atomic mass is 10.1. The lowest BCUT2D eigenvalue weighted by Crippen LogP contribution is -2.40. The van der Waals surface area contributed by atoms with Crippen molar-refractivity contribution in [2.75, 3.05) is 36.5 Å². The van der Waals surface area contributed by atoms with Gasteiger partial charge < -0.3 is 20.7 Å². The van der Waals surface area contributed by atoms with Crippen LogP contribution in [0.2, 0.25) is 0 Å². The van der Waals surface area contributed by atoms with Crippen molar-refractivity contribution < 1.29 is 18.7 Å². The van der Waals surface area contributed by atoms with Crippen LogP contribution in [0.5, 0.6) is 5.75 Å². The highest BCUT2D eigenvalue weighted by atomic mass is 19.1. The van der Waals surface area contributed by atoms with Crippen LogP contribution in [-0.4, -0.2) is 55.1 Å². The number of benzene rings is 1. The molecule has 0 bridgehead atoms. The van der Waals surface area contributed by atoms with E-state index in [1.54, 1.807) is 23.1 Å². The molecule has 9 heteroatoms. The molecule has 3 aliphatic rings. The molecule has 5 rings (SSSR count). The van der Waals surface area contributed by atoms with E-state index in [0.29, 0.717) is 43.3 Å². The Bertz CT molecular complexity index is 1030. The SMILES string of the molecule is O=C1COc2ccc(N3CC(NCCNC4Cc5cccc(F)c5C4)CC3=O)nc2N1. The van der Waals surface area contributed by atoms with Gasteiger partial charge in [-0.05, 0) is 42.2 Å². The van der Waals surface area contributed by atoms with Gasteiger partial charge in [0.15, 0.2) is 18.2 Å². The van der Waals surface area contributed by atoms with Crippen LogP contribution < -0.4 is 25.6 Å².